The average molecular weight is 369 g/mol. The molecule has 0 spiro atoms. The third kappa shape index (κ3) is 6.77. The van der Waals surface area contributed by atoms with E-state index in [0.717, 1.165) is 35.4 Å². The van der Waals surface area contributed by atoms with Crippen molar-refractivity contribution in [1.82, 2.24) is 0 Å². The van der Waals surface area contributed by atoms with E-state index in [4.69, 9.17) is 9.47 Å². The molecule has 0 saturated carbocycles. The number of aryl methyl sites for hydroxylation is 2. The van der Waals surface area contributed by atoms with Gasteiger partial charge in [0.25, 0.3) is 5.91 Å². The van der Waals surface area contributed by atoms with Crippen LogP contribution in [0.5, 0.6) is 5.75 Å². The van der Waals surface area contributed by atoms with Gasteiger partial charge in [0.2, 0.25) is 0 Å². The topological polar surface area (TPSA) is 64.6 Å². The van der Waals surface area contributed by atoms with Gasteiger partial charge in [0.15, 0.2) is 6.61 Å². The highest BCUT2D eigenvalue weighted by atomic mass is 16.5. The van der Waals surface area contributed by atoms with Crippen LogP contribution in [0.25, 0.3) is 0 Å². The number of carbonyl (C=O) groups is 2. The predicted molar refractivity (Wildman–Crippen MR) is 106 cm³/mol. The van der Waals surface area contributed by atoms with Crippen LogP contribution in [0.3, 0.4) is 0 Å². The fraction of sp³-hybridized carbons (Fsp3) is 0.364. The van der Waals surface area contributed by atoms with E-state index >= 15 is 0 Å². The SMILES string of the molecule is CCc1cccc(CC)c1NC(=O)COC(=O)CCCOc1ccccc1. The Hall–Kier alpha value is -2.82. The van der Waals surface area contributed by atoms with E-state index in [9.17, 15) is 9.59 Å². The zero-order chi connectivity index (χ0) is 19.5. The Morgan fingerprint density at radius 2 is 1.59 bits per heavy atom. The number of ether oxygens (including phenoxy) is 2. The van der Waals surface area contributed by atoms with E-state index in [2.05, 4.69) is 5.32 Å². The summed E-state index contributed by atoms with van der Waals surface area (Å²) in [6.45, 7) is 4.23. The van der Waals surface area contributed by atoms with E-state index in [1.807, 2.05) is 62.4 Å². The quantitative estimate of drug-likeness (QED) is 0.505. The van der Waals surface area contributed by atoms with E-state index in [1.54, 1.807) is 0 Å². The minimum absolute atomic E-state index is 0.214. The summed E-state index contributed by atoms with van der Waals surface area (Å²) in [5.74, 6) is 0.0485. The predicted octanol–water partition coefficient (Wildman–Crippen LogP) is 4.15. The van der Waals surface area contributed by atoms with Gasteiger partial charge in [0, 0.05) is 12.1 Å². The summed E-state index contributed by atoms with van der Waals surface area (Å²) in [6.07, 6.45) is 2.40. The molecule has 0 saturated heterocycles. The van der Waals surface area contributed by atoms with Crippen molar-refractivity contribution in [2.75, 3.05) is 18.5 Å². The molecule has 5 heteroatoms. The Labute approximate surface area is 160 Å². The standard InChI is InChI=1S/C22H27NO4/c1-3-17-10-8-11-18(4-2)22(17)23-20(24)16-27-21(25)14-9-15-26-19-12-6-5-7-13-19/h5-8,10-13H,3-4,9,14-16H2,1-2H3,(H,23,24). The molecule has 0 bridgehead atoms. The monoisotopic (exact) mass is 369 g/mol. The van der Waals surface area contributed by atoms with Crippen LogP contribution in [0.15, 0.2) is 48.5 Å². The molecule has 2 aromatic carbocycles. The molecule has 0 aliphatic carbocycles. The Morgan fingerprint density at radius 3 is 2.22 bits per heavy atom. The second kappa shape index (κ2) is 11.0. The summed E-state index contributed by atoms with van der Waals surface area (Å²) in [5, 5.41) is 2.88. The molecule has 2 aromatic rings. The minimum Gasteiger partial charge on any atom is -0.494 e. The first-order valence-electron chi connectivity index (χ1n) is 9.38. The number of esters is 1. The Morgan fingerprint density at radius 1 is 0.926 bits per heavy atom. The van der Waals surface area contributed by atoms with E-state index in [1.165, 1.54) is 0 Å². The van der Waals surface area contributed by atoms with Crippen LogP contribution in [-0.2, 0) is 27.2 Å². The smallest absolute Gasteiger partial charge is 0.306 e. The molecule has 0 unspecified atom stereocenters. The first-order chi connectivity index (χ1) is 13.1. The third-order valence-corrected chi connectivity index (χ3v) is 4.16. The zero-order valence-electron chi connectivity index (χ0n) is 16.0. The van der Waals surface area contributed by atoms with Gasteiger partial charge < -0.3 is 14.8 Å². The summed E-state index contributed by atoms with van der Waals surface area (Å²) in [7, 11) is 0. The first-order valence-corrected chi connectivity index (χ1v) is 9.38. The average Bonchev–Trinajstić information content (AvgIpc) is 2.70. The van der Waals surface area contributed by atoms with Gasteiger partial charge in [0.1, 0.15) is 5.75 Å². The molecule has 0 fully saturated rings. The lowest BCUT2D eigenvalue weighted by atomic mass is 10.0. The van der Waals surface area contributed by atoms with E-state index in [-0.39, 0.29) is 18.9 Å². The zero-order valence-corrected chi connectivity index (χ0v) is 16.0. The third-order valence-electron chi connectivity index (χ3n) is 4.16. The highest BCUT2D eigenvalue weighted by molar-refractivity contribution is 5.94. The highest BCUT2D eigenvalue weighted by Gasteiger charge is 2.12. The molecule has 5 nitrogen and oxygen atoms in total. The van der Waals surface area contributed by atoms with Crippen LogP contribution < -0.4 is 10.1 Å². The first kappa shape index (κ1) is 20.5. The lowest BCUT2D eigenvalue weighted by molar-refractivity contribution is -0.147. The van der Waals surface area contributed by atoms with Crippen LogP contribution in [0, 0.1) is 0 Å². The number of rotatable bonds is 10. The number of anilines is 1. The second-order valence-corrected chi connectivity index (χ2v) is 6.13. The summed E-state index contributed by atoms with van der Waals surface area (Å²) < 4.78 is 10.6. The summed E-state index contributed by atoms with van der Waals surface area (Å²) in [5.41, 5.74) is 2.99. The fourth-order valence-electron chi connectivity index (χ4n) is 2.72. The summed E-state index contributed by atoms with van der Waals surface area (Å²) >= 11 is 0. The maximum atomic E-state index is 12.2. The van der Waals surface area contributed by atoms with Crippen LogP contribution in [0.4, 0.5) is 5.69 Å². The maximum Gasteiger partial charge on any atom is 0.306 e. The van der Waals surface area contributed by atoms with Crippen molar-refractivity contribution in [3.63, 3.8) is 0 Å². The Bertz CT molecular complexity index is 721. The van der Waals surface area contributed by atoms with Gasteiger partial charge in [0.05, 0.1) is 6.61 Å². The van der Waals surface area contributed by atoms with Gasteiger partial charge in [-0.05, 0) is 42.5 Å². The van der Waals surface area contributed by atoms with Crippen molar-refractivity contribution in [2.24, 2.45) is 0 Å². The van der Waals surface area contributed by atoms with Gasteiger partial charge in [-0.25, -0.2) is 0 Å². The lowest BCUT2D eigenvalue weighted by Crippen LogP contribution is -2.22. The number of benzene rings is 2. The van der Waals surface area contributed by atoms with E-state index in [0.29, 0.717) is 13.0 Å². The van der Waals surface area contributed by atoms with Crippen molar-refractivity contribution >= 4 is 17.6 Å². The molecule has 0 heterocycles. The number of hydrogen-bond donors (Lipinski definition) is 1. The van der Waals surface area contributed by atoms with Gasteiger partial charge in [-0.3, -0.25) is 9.59 Å². The molecule has 27 heavy (non-hydrogen) atoms. The molecule has 0 aliphatic heterocycles. The fourth-order valence-corrected chi connectivity index (χ4v) is 2.72. The number of amides is 1. The van der Waals surface area contributed by atoms with Crippen LogP contribution >= 0.6 is 0 Å². The van der Waals surface area contributed by atoms with Gasteiger partial charge in [-0.2, -0.15) is 0 Å². The van der Waals surface area contributed by atoms with Crippen molar-refractivity contribution in [3.05, 3.63) is 59.7 Å². The maximum absolute atomic E-state index is 12.2. The largest absolute Gasteiger partial charge is 0.494 e. The van der Waals surface area contributed by atoms with Crippen molar-refractivity contribution < 1.29 is 19.1 Å². The van der Waals surface area contributed by atoms with Crippen molar-refractivity contribution in [2.45, 2.75) is 39.5 Å². The molecular weight excluding hydrogens is 342 g/mol. The number of nitrogens with one attached hydrogen (secondary N) is 1. The second-order valence-electron chi connectivity index (χ2n) is 6.13. The normalized spacial score (nSPS) is 10.3. The lowest BCUT2D eigenvalue weighted by Gasteiger charge is -2.14. The molecule has 144 valence electrons. The molecule has 1 N–H and O–H groups in total. The molecule has 0 aromatic heterocycles. The Kier molecular flexibility index (Phi) is 8.36. The van der Waals surface area contributed by atoms with Gasteiger partial charge in [-0.1, -0.05) is 50.2 Å². The Balaban J connectivity index is 1.71. The molecular formula is C22H27NO4. The number of carbonyl (C=O) groups excluding carboxylic acids is 2. The molecule has 0 atom stereocenters. The minimum atomic E-state index is -0.402. The van der Waals surface area contributed by atoms with Gasteiger partial charge >= 0.3 is 5.97 Å². The number of hydrogen-bond acceptors (Lipinski definition) is 4. The summed E-state index contributed by atoms with van der Waals surface area (Å²) in [6, 6.07) is 15.4. The highest BCUT2D eigenvalue weighted by Crippen LogP contribution is 2.22. The van der Waals surface area contributed by atoms with Gasteiger partial charge in [-0.15, -0.1) is 0 Å². The van der Waals surface area contributed by atoms with Crippen LogP contribution in [0.2, 0.25) is 0 Å². The number of para-hydroxylation sites is 2. The van der Waals surface area contributed by atoms with E-state index < -0.39 is 5.97 Å². The molecule has 2 rings (SSSR count). The van der Waals surface area contributed by atoms with Crippen LogP contribution in [0.1, 0.15) is 37.8 Å². The molecule has 0 radical (unpaired) electrons. The molecule has 1 amide bonds. The van der Waals surface area contributed by atoms with Crippen molar-refractivity contribution in [3.8, 4) is 5.75 Å². The van der Waals surface area contributed by atoms with Crippen molar-refractivity contribution in [1.29, 1.82) is 0 Å². The summed E-state index contributed by atoms with van der Waals surface area (Å²) in [4.78, 5) is 24.0. The molecule has 0 aliphatic rings. The van der Waals surface area contributed by atoms with Crippen LogP contribution in [-0.4, -0.2) is 25.1 Å².